The van der Waals surface area contributed by atoms with Crippen molar-refractivity contribution in [1.82, 2.24) is 14.7 Å². The van der Waals surface area contributed by atoms with Crippen LogP contribution in [0.3, 0.4) is 0 Å². The molecule has 0 aromatic heterocycles. The summed E-state index contributed by atoms with van der Waals surface area (Å²) in [6, 6.07) is -1.18. The molecule has 1 saturated heterocycles. The number of hydrogen-bond acceptors (Lipinski definition) is 4. The van der Waals surface area contributed by atoms with Gasteiger partial charge < -0.3 is 24.5 Å². The molecule has 23 heavy (non-hydrogen) atoms. The molecular weight excluding hydrogens is 302 g/mol. The van der Waals surface area contributed by atoms with Crippen molar-refractivity contribution in [1.29, 1.82) is 0 Å². The summed E-state index contributed by atoms with van der Waals surface area (Å²) in [6.45, 7) is 4.47. The first-order chi connectivity index (χ1) is 10.7. The summed E-state index contributed by atoms with van der Waals surface area (Å²) in [5.74, 6) is -0.549. The second-order valence-corrected chi connectivity index (χ2v) is 6.24. The van der Waals surface area contributed by atoms with Crippen molar-refractivity contribution in [2.45, 2.75) is 38.8 Å². The molecule has 1 aliphatic heterocycles. The van der Waals surface area contributed by atoms with Crippen molar-refractivity contribution >= 4 is 18.1 Å². The zero-order valence-electron chi connectivity index (χ0n) is 14.5. The predicted molar refractivity (Wildman–Crippen MR) is 84.2 cm³/mol. The first-order valence-electron chi connectivity index (χ1n) is 7.76. The number of piperidine rings is 1. The third-order valence-corrected chi connectivity index (χ3v) is 4.31. The van der Waals surface area contributed by atoms with Crippen LogP contribution in [0.2, 0.25) is 0 Å². The standard InChI is InChI=1S/C15H27N3O5/c1-10(2)12(13(19)23-5)17(4)14(20)16(3)11-7-6-8-18(9-11)15(21)22/h10-12H,6-9H2,1-5H3,(H,21,22)/t11?,12-/m0/s1. The van der Waals surface area contributed by atoms with E-state index in [-0.39, 0.29) is 24.5 Å². The highest BCUT2D eigenvalue weighted by Crippen LogP contribution is 2.18. The lowest BCUT2D eigenvalue weighted by molar-refractivity contribution is -0.147. The fraction of sp³-hybridized carbons (Fsp3) is 0.800. The van der Waals surface area contributed by atoms with Crippen LogP contribution >= 0.6 is 0 Å². The average molecular weight is 329 g/mol. The maximum absolute atomic E-state index is 12.7. The first kappa shape index (κ1) is 19.1. The van der Waals surface area contributed by atoms with Crippen LogP contribution in [-0.4, -0.2) is 84.3 Å². The maximum Gasteiger partial charge on any atom is 0.407 e. The monoisotopic (exact) mass is 329 g/mol. The number of likely N-dealkylation sites (tertiary alicyclic amines) is 1. The van der Waals surface area contributed by atoms with E-state index in [1.165, 1.54) is 21.8 Å². The number of amides is 3. The molecular formula is C15H27N3O5. The van der Waals surface area contributed by atoms with E-state index < -0.39 is 18.1 Å². The van der Waals surface area contributed by atoms with E-state index in [1.807, 2.05) is 13.8 Å². The molecule has 8 nitrogen and oxygen atoms in total. The van der Waals surface area contributed by atoms with Gasteiger partial charge in [0.05, 0.1) is 13.2 Å². The average Bonchev–Trinajstić information content (AvgIpc) is 2.52. The SMILES string of the molecule is COC(=O)[C@H](C(C)C)N(C)C(=O)N(C)C1CCCN(C(=O)O)C1. The molecule has 3 amide bonds. The number of hydrogen-bond donors (Lipinski definition) is 1. The minimum Gasteiger partial charge on any atom is -0.467 e. The summed E-state index contributed by atoms with van der Waals surface area (Å²) in [4.78, 5) is 39.9. The summed E-state index contributed by atoms with van der Waals surface area (Å²) in [5.41, 5.74) is 0. The maximum atomic E-state index is 12.7. The smallest absolute Gasteiger partial charge is 0.407 e. The normalized spacial score (nSPS) is 19.2. The number of urea groups is 1. The Hall–Kier alpha value is -1.99. The molecule has 1 unspecified atom stereocenters. The summed E-state index contributed by atoms with van der Waals surface area (Å²) < 4.78 is 4.78. The van der Waals surface area contributed by atoms with Crippen LogP contribution in [0.1, 0.15) is 26.7 Å². The third kappa shape index (κ3) is 4.49. The van der Waals surface area contributed by atoms with Crippen LogP contribution in [0.25, 0.3) is 0 Å². The van der Waals surface area contributed by atoms with Gasteiger partial charge in [0.15, 0.2) is 0 Å². The van der Waals surface area contributed by atoms with Crippen LogP contribution in [0.15, 0.2) is 0 Å². The molecule has 0 spiro atoms. The van der Waals surface area contributed by atoms with Gasteiger partial charge in [-0.05, 0) is 18.8 Å². The van der Waals surface area contributed by atoms with E-state index in [0.29, 0.717) is 13.0 Å². The predicted octanol–water partition coefficient (Wildman–Crippen LogP) is 1.31. The molecule has 1 aliphatic rings. The lowest BCUT2D eigenvalue weighted by Crippen LogP contribution is -2.56. The largest absolute Gasteiger partial charge is 0.467 e. The Kier molecular flexibility index (Phi) is 6.65. The molecule has 0 bridgehead atoms. The van der Waals surface area contributed by atoms with Crippen molar-refractivity contribution in [3.8, 4) is 0 Å². The molecule has 0 aliphatic carbocycles. The molecule has 1 N–H and O–H groups in total. The summed E-state index contributed by atoms with van der Waals surface area (Å²) in [7, 11) is 4.51. The zero-order chi connectivity index (χ0) is 17.7. The first-order valence-corrected chi connectivity index (χ1v) is 7.76. The van der Waals surface area contributed by atoms with E-state index in [9.17, 15) is 14.4 Å². The van der Waals surface area contributed by atoms with Crippen LogP contribution < -0.4 is 0 Å². The molecule has 0 aromatic carbocycles. The molecule has 0 radical (unpaired) electrons. The van der Waals surface area contributed by atoms with Crippen LogP contribution in [-0.2, 0) is 9.53 Å². The number of carbonyl (C=O) groups is 3. The minimum atomic E-state index is -0.974. The Balaban J connectivity index is 2.81. The molecule has 0 saturated carbocycles. The van der Waals surface area contributed by atoms with E-state index in [4.69, 9.17) is 9.84 Å². The van der Waals surface area contributed by atoms with Gasteiger partial charge in [0.1, 0.15) is 6.04 Å². The highest BCUT2D eigenvalue weighted by molar-refractivity contribution is 5.83. The fourth-order valence-corrected chi connectivity index (χ4v) is 2.97. The van der Waals surface area contributed by atoms with E-state index >= 15 is 0 Å². The molecule has 0 aromatic rings. The Labute approximate surface area is 137 Å². The van der Waals surface area contributed by atoms with Gasteiger partial charge in [0, 0.05) is 27.2 Å². The highest BCUT2D eigenvalue weighted by atomic mass is 16.5. The van der Waals surface area contributed by atoms with E-state index in [2.05, 4.69) is 0 Å². The Bertz CT molecular complexity index is 454. The van der Waals surface area contributed by atoms with Gasteiger partial charge in [-0.3, -0.25) is 0 Å². The topological polar surface area (TPSA) is 90.4 Å². The van der Waals surface area contributed by atoms with Crippen LogP contribution in [0, 0.1) is 5.92 Å². The highest BCUT2D eigenvalue weighted by Gasteiger charge is 2.35. The van der Waals surface area contributed by atoms with Crippen LogP contribution in [0.4, 0.5) is 9.59 Å². The van der Waals surface area contributed by atoms with Crippen molar-refractivity contribution in [2.75, 3.05) is 34.3 Å². The van der Waals surface area contributed by atoms with Gasteiger partial charge in [-0.2, -0.15) is 0 Å². The number of esters is 1. The number of methoxy groups -OCH3 is 1. The van der Waals surface area contributed by atoms with Gasteiger partial charge in [-0.1, -0.05) is 13.8 Å². The second-order valence-electron chi connectivity index (χ2n) is 6.24. The third-order valence-electron chi connectivity index (χ3n) is 4.31. The lowest BCUT2D eigenvalue weighted by atomic mass is 10.0. The van der Waals surface area contributed by atoms with Gasteiger partial charge in [-0.15, -0.1) is 0 Å². The van der Waals surface area contributed by atoms with Gasteiger partial charge in [-0.25, -0.2) is 14.4 Å². The number of ether oxygens (including phenoxy) is 1. The van der Waals surface area contributed by atoms with Crippen molar-refractivity contribution in [2.24, 2.45) is 5.92 Å². The van der Waals surface area contributed by atoms with Gasteiger partial charge in [0.2, 0.25) is 0 Å². The Morgan fingerprint density at radius 2 is 1.87 bits per heavy atom. The molecule has 1 rings (SSSR count). The molecule has 1 fully saturated rings. The van der Waals surface area contributed by atoms with Crippen molar-refractivity contribution in [3.05, 3.63) is 0 Å². The number of carbonyl (C=O) groups excluding carboxylic acids is 2. The number of nitrogens with zero attached hydrogens (tertiary/aromatic N) is 3. The Morgan fingerprint density at radius 1 is 1.26 bits per heavy atom. The summed E-state index contributed by atoms with van der Waals surface area (Å²) >= 11 is 0. The van der Waals surface area contributed by atoms with E-state index in [0.717, 1.165) is 6.42 Å². The second kappa shape index (κ2) is 8.03. The summed E-state index contributed by atoms with van der Waals surface area (Å²) in [5, 5.41) is 9.10. The van der Waals surface area contributed by atoms with Crippen molar-refractivity contribution < 1.29 is 24.2 Å². The molecule has 2 atom stereocenters. The quantitative estimate of drug-likeness (QED) is 0.785. The Morgan fingerprint density at radius 3 is 2.35 bits per heavy atom. The molecule has 132 valence electrons. The number of carboxylic acid groups (broad SMARTS) is 1. The van der Waals surface area contributed by atoms with Gasteiger partial charge in [0.25, 0.3) is 0 Å². The van der Waals surface area contributed by atoms with Gasteiger partial charge >= 0.3 is 18.1 Å². The number of rotatable bonds is 4. The molecule has 1 heterocycles. The van der Waals surface area contributed by atoms with Crippen molar-refractivity contribution in [3.63, 3.8) is 0 Å². The zero-order valence-corrected chi connectivity index (χ0v) is 14.5. The fourth-order valence-electron chi connectivity index (χ4n) is 2.97. The number of likely N-dealkylation sites (N-methyl/N-ethyl adjacent to an activating group) is 2. The van der Waals surface area contributed by atoms with Crippen LogP contribution in [0.5, 0.6) is 0 Å². The summed E-state index contributed by atoms with van der Waals surface area (Å²) in [6.07, 6.45) is 0.478. The minimum absolute atomic E-state index is 0.0910. The lowest BCUT2D eigenvalue weighted by Gasteiger charge is -2.39. The molecule has 8 heteroatoms. The van der Waals surface area contributed by atoms with E-state index in [1.54, 1.807) is 14.1 Å².